The van der Waals surface area contributed by atoms with Gasteiger partial charge in [-0.1, -0.05) is 0 Å². The van der Waals surface area contributed by atoms with Crippen molar-refractivity contribution in [1.82, 2.24) is 10.3 Å². The molecule has 1 aliphatic heterocycles. The third-order valence-electron chi connectivity index (χ3n) is 3.56. The van der Waals surface area contributed by atoms with Crippen LogP contribution in [0.1, 0.15) is 25.3 Å². The third-order valence-corrected chi connectivity index (χ3v) is 4.53. The first kappa shape index (κ1) is 14.2. The van der Waals surface area contributed by atoms with Crippen molar-refractivity contribution in [2.45, 2.75) is 32.2 Å². The van der Waals surface area contributed by atoms with Crippen LogP contribution in [0.3, 0.4) is 0 Å². The summed E-state index contributed by atoms with van der Waals surface area (Å²) >= 11 is 3.41. The topological polar surface area (TPSA) is 80.1 Å². The van der Waals surface area contributed by atoms with Crippen LogP contribution in [-0.2, 0) is 0 Å². The van der Waals surface area contributed by atoms with Crippen molar-refractivity contribution >= 4 is 27.4 Å². The highest BCUT2D eigenvalue weighted by molar-refractivity contribution is 9.10. The van der Waals surface area contributed by atoms with Crippen molar-refractivity contribution in [2.75, 3.05) is 18.4 Å². The molecule has 0 amide bonds. The van der Waals surface area contributed by atoms with Gasteiger partial charge in [-0.05, 0) is 55.7 Å². The van der Waals surface area contributed by atoms with E-state index in [1.165, 1.54) is 6.20 Å². The molecule has 19 heavy (non-hydrogen) atoms. The van der Waals surface area contributed by atoms with Gasteiger partial charge in [-0.15, -0.1) is 0 Å². The number of piperidine rings is 1. The second kappa shape index (κ2) is 5.42. The summed E-state index contributed by atoms with van der Waals surface area (Å²) in [7, 11) is 0. The molecule has 2 heterocycles. The Morgan fingerprint density at radius 2 is 2.16 bits per heavy atom. The molecule has 7 heteroatoms. The Kier molecular flexibility index (Phi) is 4.05. The molecule has 6 nitrogen and oxygen atoms in total. The van der Waals surface area contributed by atoms with E-state index in [1.807, 2.05) is 0 Å². The zero-order chi connectivity index (χ0) is 14.0. The van der Waals surface area contributed by atoms with Gasteiger partial charge in [-0.3, -0.25) is 10.1 Å². The number of anilines is 1. The predicted octanol–water partition coefficient (Wildman–Crippen LogP) is 2.61. The first-order valence-corrected chi connectivity index (χ1v) is 7.01. The number of nitro groups is 1. The van der Waals surface area contributed by atoms with Crippen LogP contribution >= 0.6 is 15.9 Å². The Labute approximate surface area is 120 Å². The lowest BCUT2D eigenvalue weighted by Gasteiger charge is -2.35. The molecule has 0 radical (unpaired) electrons. The largest absolute Gasteiger partial charge is 0.364 e. The average molecular weight is 329 g/mol. The van der Waals surface area contributed by atoms with Crippen LogP contribution in [0.4, 0.5) is 11.5 Å². The summed E-state index contributed by atoms with van der Waals surface area (Å²) in [6.07, 6.45) is 3.31. The summed E-state index contributed by atoms with van der Waals surface area (Å²) in [5.74, 6) is 0.674. The van der Waals surface area contributed by atoms with Crippen molar-refractivity contribution in [3.63, 3.8) is 0 Å². The zero-order valence-electron chi connectivity index (χ0n) is 11.0. The molecule has 0 spiro atoms. The fraction of sp³-hybridized carbons (Fsp3) is 0.583. The van der Waals surface area contributed by atoms with Crippen LogP contribution < -0.4 is 10.6 Å². The molecule has 0 unspecified atom stereocenters. The predicted molar refractivity (Wildman–Crippen MR) is 77.5 cm³/mol. The minimum atomic E-state index is -0.414. The van der Waals surface area contributed by atoms with E-state index in [0.29, 0.717) is 15.9 Å². The lowest BCUT2D eigenvalue weighted by atomic mass is 9.90. The van der Waals surface area contributed by atoms with Gasteiger partial charge in [0.25, 0.3) is 5.69 Å². The van der Waals surface area contributed by atoms with E-state index in [4.69, 9.17) is 0 Å². The maximum absolute atomic E-state index is 10.9. The first-order chi connectivity index (χ1) is 8.93. The number of pyridine rings is 1. The molecule has 0 atom stereocenters. The van der Waals surface area contributed by atoms with Crippen molar-refractivity contribution in [2.24, 2.45) is 0 Å². The van der Waals surface area contributed by atoms with E-state index >= 15 is 0 Å². The van der Waals surface area contributed by atoms with Crippen LogP contribution in [0.2, 0.25) is 0 Å². The molecule has 1 saturated heterocycles. The van der Waals surface area contributed by atoms with Gasteiger partial charge in [0.15, 0.2) is 0 Å². The van der Waals surface area contributed by atoms with Crippen LogP contribution in [0.25, 0.3) is 0 Å². The number of halogens is 1. The molecule has 1 fully saturated rings. The van der Waals surface area contributed by atoms with Gasteiger partial charge in [0.2, 0.25) is 0 Å². The van der Waals surface area contributed by atoms with E-state index in [9.17, 15) is 10.1 Å². The molecule has 1 aromatic heterocycles. The van der Waals surface area contributed by atoms with E-state index in [1.54, 1.807) is 6.92 Å². The molecule has 2 rings (SSSR count). The molecule has 0 aliphatic carbocycles. The highest BCUT2D eigenvalue weighted by atomic mass is 79.9. The number of nitrogens with zero attached hydrogens (tertiary/aromatic N) is 2. The molecule has 0 aromatic carbocycles. The van der Waals surface area contributed by atoms with Gasteiger partial charge in [-0.25, -0.2) is 4.98 Å². The summed E-state index contributed by atoms with van der Waals surface area (Å²) in [5.41, 5.74) is 0.608. The van der Waals surface area contributed by atoms with Gasteiger partial charge >= 0.3 is 0 Å². The highest BCUT2D eigenvalue weighted by Crippen LogP contribution is 2.33. The van der Waals surface area contributed by atoms with Gasteiger partial charge in [-0.2, -0.15) is 0 Å². The Morgan fingerprint density at radius 3 is 2.74 bits per heavy atom. The minimum absolute atomic E-state index is 0.0245. The minimum Gasteiger partial charge on any atom is -0.364 e. The van der Waals surface area contributed by atoms with E-state index < -0.39 is 4.92 Å². The molecule has 0 saturated carbocycles. The van der Waals surface area contributed by atoms with Crippen molar-refractivity contribution in [3.8, 4) is 0 Å². The van der Waals surface area contributed by atoms with Crippen molar-refractivity contribution < 1.29 is 4.92 Å². The summed E-state index contributed by atoms with van der Waals surface area (Å²) in [4.78, 5) is 14.6. The molecule has 0 bridgehead atoms. The normalized spacial score (nSPS) is 18.1. The van der Waals surface area contributed by atoms with Gasteiger partial charge in [0.05, 0.1) is 9.40 Å². The molecular weight excluding hydrogens is 312 g/mol. The van der Waals surface area contributed by atoms with Crippen LogP contribution in [0, 0.1) is 17.0 Å². The van der Waals surface area contributed by atoms with Crippen molar-refractivity contribution in [3.05, 3.63) is 26.3 Å². The maximum atomic E-state index is 10.9. The molecule has 1 aliphatic rings. The number of hydrogen-bond donors (Lipinski definition) is 2. The zero-order valence-corrected chi connectivity index (χ0v) is 12.6. The average Bonchev–Trinajstić information content (AvgIpc) is 2.35. The summed E-state index contributed by atoms with van der Waals surface area (Å²) in [6, 6.07) is 0. The Morgan fingerprint density at radius 1 is 1.53 bits per heavy atom. The quantitative estimate of drug-likeness (QED) is 0.658. The summed E-state index contributed by atoms with van der Waals surface area (Å²) < 4.78 is 0.668. The molecule has 1 aromatic rings. The highest BCUT2D eigenvalue weighted by Gasteiger charge is 2.28. The van der Waals surface area contributed by atoms with Crippen LogP contribution in [0.15, 0.2) is 10.7 Å². The number of nitrogens with one attached hydrogen (secondary N) is 2. The molecule has 104 valence electrons. The number of aromatic nitrogens is 1. The van der Waals surface area contributed by atoms with E-state index in [2.05, 4.69) is 38.5 Å². The number of rotatable bonds is 3. The van der Waals surface area contributed by atoms with Gasteiger partial charge in [0, 0.05) is 11.1 Å². The third kappa shape index (κ3) is 3.03. The van der Waals surface area contributed by atoms with Gasteiger partial charge in [0.1, 0.15) is 12.0 Å². The SMILES string of the molecule is Cc1c([N+](=O)[O-])cnc(NC2(C)CCNCC2)c1Br. The lowest BCUT2D eigenvalue weighted by Crippen LogP contribution is -2.45. The fourth-order valence-electron chi connectivity index (χ4n) is 2.23. The molecule has 2 N–H and O–H groups in total. The fourth-order valence-corrected chi connectivity index (χ4v) is 2.63. The Balaban J connectivity index is 2.26. The van der Waals surface area contributed by atoms with E-state index in [-0.39, 0.29) is 11.2 Å². The summed E-state index contributed by atoms with van der Waals surface area (Å²) in [6.45, 7) is 5.80. The second-order valence-corrected chi connectivity index (χ2v) is 5.92. The maximum Gasteiger partial charge on any atom is 0.291 e. The standard InChI is InChI=1S/C12H17BrN4O2/c1-8-9(17(18)19)7-15-11(10(8)13)16-12(2)3-5-14-6-4-12/h7,14H,3-6H2,1-2H3,(H,15,16). The lowest BCUT2D eigenvalue weighted by molar-refractivity contribution is -0.385. The monoisotopic (exact) mass is 328 g/mol. The van der Waals surface area contributed by atoms with Crippen LogP contribution in [0.5, 0.6) is 0 Å². The van der Waals surface area contributed by atoms with E-state index in [0.717, 1.165) is 25.9 Å². The van der Waals surface area contributed by atoms with Gasteiger partial charge < -0.3 is 10.6 Å². The second-order valence-electron chi connectivity index (χ2n) is 5.12. The number of hydrogen-bond acceptors (Lipinski definition) is 5. The first-order valence-electron chi connectivity index (χ1n) is 6.21. The van der Waals surface area contributed by atoms with Crippen molar-refractivity contribution in [1.29, 1.82) is 0 Å². The smallest absolute Gasteiger partial charge is 0.291 e. The molecular formula is C12H17BrN4O2. The Bertz CT molecular complexity index is 501. The summed E-state index contributed by atoms with van der Waals surface area (Å²) in [5, 5.41) is 17.6. The Hall–Kier alpha value is -1.21. The van der Waals surface area contributed by atoms with Crippen LogP contribution in [-0.4, -0.2) is 28.5 Å².